The second-order valence-electron chi connectivity index (χ2n) is 7.04. The zero-order valence-corrected chi connectivity index (χ0v) is 15.7. The molecule has 26 heavy (non-hydrogen) atoms. The van der Waals surface area contributed by atoms with Crippen LogP contribution >= 0.6 is 11.8 Å². The molecular weight excluding hydrogens is 354 g/mol. The van der Waals surface area contributed by atoms with Gasteiger partial charge in [-0.15, -0.1) is 0 Å². The molecule has 0 radical (unpaired) electrons. The maximum absolute atomic E-state index is 12.1. The molecule has 3 rings (SSSR count). The molecule has 0 aromatic heterocycles. The van der Waals surface area contributed by atoms with E-state index in [0.717, 1.165) is 36.2 Å². The van der Waals surface area contributed by atoms with Gasteiger partial charge in [0.25, 0.3) is 0 Å². The highest BCUT2D eigenvalue weighted by atomic mass is 32.2. The third kappa shape index (κ3) is 3.86. The summed E-state index contributed by atoms with van der Waals surface area (Å²) in [6, 6.07) is 3.59. The molecule has 3 amide bonds. The lowest BCUT2D eigenvalue weighted by atomic mass is 9.99. The molecule has 0 saturated heterocycles. The second kappa shape index (κ2) is 7.28. The van der Waals surface area contributed by atoms with Gasteiger partial charge in [0.05, 0.1) is 17.7 Å². The molecule has 0 bridgehead atoms. The summed E-state index contributed by atoms with van der Waals surface area (Å²) in [4.78, 5) is 38.0. The van der Waals surface area contributed by atoms with Gasteiger partial charge in [-0.05, 0) is 49.3 Å². The van der Waals surface area contributed by atoms with Crippen molar-refractivity contribution in [3.05, 3.63) is 23.3 Å². The third-order valence-corrected chi connectivity index (χ3v) is 5.47. The van der Waals surface area contributed by atoms with Crippen molar-refractivity contribution in [3.63, 3.8) is 0 Å². The standard InChI is InChI=1S/C18H23N3O4S/c1-18(25,10-26-2)9-19-16(23)17(24)20-13-6-11-4-3-5-21-14(22)8-12(7-13)15(11)21/h6-7,25H,3-5,8-10H2,1-2H3,(H,19,23)(H,20,24). The predicted octanol–water partition coefficient (Wildman–Crippen LogP) is 0.691. The second-order valence-corrected chi connectivity index (χ2v) is 7.90. The van der Waals surface area contributed by atoms with Crippen molar-refractivity contribution in [2.24, 2.45) is 0 Å². The Labute approximate surface area is 156 Å². The minimum Gasteiger partial charge on any atom is -0.387 e. The van der Waals surface area contributed by atoms with Gasteiger partial charge in [0, 0.05) is 24.5 Å². The molecule has 0 spiro atoms. The van der Waals surface area contributed by atoms with Crippen molar-refractivity contribution in [1.29, 1.82) is 0 Å². The number of carbonyl (C=O) groups excluding carboxylic acids is 3. The fourth-order valence-corrected chi connectivity index (χ4v) is 4.18. The average molecular weight is 377 g/mol. The molecule has 140 valence electrons. The quantitative estimate of drug-likeness (QED) is 0.656. The number of rotatable bonds is 5. The minimum atomic E-state index is -1.07. The van der Waals surface area contributed by atoms with Gasteiger partial charge in [0.2, 0.25) is 5.91 Å². The summed E-state index contributed by atoms with van der Waals surface area (Å²) in [7, 11) is 0. The molecule has 1 aromatic carbocycles. The van der Waals surface area contributed by atoms with Gasteiger partial charge < -0.3 is 20.6 Å². The van der Waals surface area contributed by atoms with Crippen LogP contribution in [0.5, 0.6) is 0 Å². The summed E-state index contributed by atoms with van der Waals surface area (Å²) in [6.07, 6.45) is 3.92. The van der Waals surface area contributed by atoms with E-state index in [1.807, 2.05) is 12.3 Å². The zero-order chi connectivity index (χ0) is 18.9. The van der Waals surface area contributed by atoms with Crippen LogP contribution in [0.3, 0.4) is 0 Å². The molecule has 8 heteroatoms. The first-order chi connectivity index (χ1) is 12.3. The minimum absolute atomic E-state index is 0.000999. The summed E-state index contributed by atoms with van der Waals surface area (Å²) in [6.45, 7) is 2.34. The lowest BCUT2D eigenvalue weighted by molar-refractivity contribution is -0.136. The van der Waals surface area contributed by atoms with Gasteiger partial charge in [-0.2, -0.15) is 11.8 Å². The van der Waals surface area contributed by atoms with Crippen LogP contribution in [0.15, 0.2) is 12.1 Å². The van der Waals surface area contributed by atoms with E-state index in [-0.39, 0.29) is 12.5 Å². The monoisotopic (exact) mass is 377 g/mol. The molecule has 0 fully saturated rings. The number of aliphatic hydroxyl groups is 1. The van der Waals surface area contributed by atoms with E-state index >= 15 is 0 Å². The van der Waals surface area contributed by atoms with Crippen molar-refractivity contribution < 1.29 is 19.5 Å². The summed E-state index contributed by atoms with van der Waals surface area (Å²) < 4.78 is 0. The number of nitrogens with zero attached hydrogens (tertiary/aromatic N) is 1. The Kier molecular flexibility index (Phi) is 5.24. The average Bonchev–Trinajstić information content (AvgIpc) is 2.90. The van der Waals surface area contributed by atoms with Crippen LogP contribution in [0.1, 0.15) is 24.5 Å². The topological polar surface area (TPSA) is 98.7 Å². The fourth-order valence-electron chi connectivity index (χ4n) is 3.45. The number of hydrogen-bond donors (Lipinski definition) is 3. The molecule has 1 atom stereocenters. The van der Waals surface area contributed by atoms with E-state index in [2.05, 4.69) is 10.6 Å². The van der Waals surface area contributed by atoms with Crippen molar-refractivity contribution in [1.82, 2.24) is 5.32 Å². The largest absolute Gasteiger partial charge is 0.387 e. The highest BCUT2D eigenvalue weighted by molar-refractivity contribution is 7.98. The first-order valence-corrected chi connectivity index (χ1v) is 9.97. The van der Waals surface area contributed by atoms with Crippen LogP contribution in [0.4, 0.5) is 11.4 Å². The number of aryl methyl sites for hydroxylation is 1. The summed E-state index contributed by atoms with van der Waals surface area (Å²) in [5.41, 5.74) is 2.34. The number of amides is 3. The van der Waals surface area contributed by atoms with Crippen LogP contribution in [0.25, 0.3) is 0 Å². The third-order valence-electron chi connectivity index (χ3n) is 4.56. The number of anilines is 2. The molecule has 1 aromatic rings. The van der Waals surface area contributed by atoms with Gasteiger partial charge >= 0.3 is 11.8 Å². The Morgan fingerprint density at radius 2 is 2.04 bits per heavy atom. The molecular formula is C18H23N3O4S. The SMILES string of the molecule is CSCC(C)(O)CNC(=O)C(=O)Nc1cc2c3c(c1)CC(=O)N3CCC2. The van der Waals surface area contributed by atoms with Crippen LogP contribution in [0, 0.1) is 0 Å². The first-order valence-electron chi connectivity index (χ1n) is 8.57. The van der Waals surface area contributed by atoms with Crippen molar-refractivity contribution in [2.75, 3.05) is 35.3 Å². The fraction of sp³-hybridized carbons (Fsp3) is 0.500. The van der Waals surface area contributed by atoms with Crippen LogP contribution in [-0.4, -0.2) is 53.5 Å². The van der Waals surface area contributed by atoms with Gasteiger partial charge in [-0.3, -0.25) is 14.4 Å². The van der Waals surface area contributed by atoms with Crippen molar-refractivity contribution >= 4 is 40.9 Å². The van der Waals surface area contributed by atoms with Gasteiger partial charge in [-0.1, -0.05) is 0 Å². The molecule has 0 saturated carbocycles. The maximum Gasteiger partial charge on any atom is 0.313 e. The van der Waals surface area contributed by atoms with Crippen LogP contribution in [-0.2, 0) is 27.2 Å². The summed E-state index contributed by atoms with van der Waals surface area (Å²) >= 11 is 1.46. The highest BCUT2D eigenvalue weighted by Gasteiger charge is 2.32. The smallest absolute Gasteiger partial charge is 0.313 e. The van der Waals surface area contributed by atoms with E-state index in [1.165, 1.54) is 11.8 Å². The normalized spacial score (nSPS) is 17.5. The molecule has 2 aliphatic heterocycles. The summed E-state index contributed by atoms with van der Waals surface area (Å²) in [5, 5.41) is 15.1. The summed E-state index contributed by atoms with van der Waals surface area (Å²) in [5.74, 6) is -1.04. The Morgan fingerprint density at radius 3 is 2.77 bits per heavy atom. The van der Waals surface area contributed by atoms with Gasteiger partial charge in [0.15, 0.2) is 0 Å². The number of nitrogens with one attached hydrogen (secondary N) is 2. The van der Waals surface area contributed by atoms with E-state index in [0.29, 0.717) is 17.9 Å². The van der Waals surface area contributed by atoms with E-state index in [4.69, 9.17) is 0 Å². The van der Waals surface area contributed by atoms with Crippen molar-refractivity contribution in [2.45, 2.75) is 31.8 Å². The molecule has 2 aliphatic rings. The lowest BCUT2D eigenvalue weighted by Crippen LogP contribution is -2.45. The Bertz CT molecular complexity index is 763. The molecule has 1 unspecified atom stereocenters. The Balaban J connectivity index is 1.66. The predicted molar refractivity (Wildman–Crippen MR) is 101 cm³/mol. The van der Waals surface area contributed by atoms with E-state index in [1.54, 1.807) is 17.9 Å². The molecule has 7 nitrogen and oxygen atoms in total. The van der Waals surface area contributed by atoms with Gasteiger partial charge in [-0.25, -0.2) is 0 Å². The van der Waals surface area contributed by atoms with Crippen LogP contribution in [0.2, 0.25) is 0 Å². The van der Waals surface area contributed by atoms with Crippen LogP contribution < -0.4 is 15.5 Å². The highest BCUT2D eigenvalue weighted by Crippen LogP contribution is 2.38. The molecule has 0 aliphatic carbocycles. The Hall–Kier alpha value is -2.06. The molecule has 2 heterocycles. The maximum atomic E-state index is 12.1. The van der Waals surface area contributed by atoms with Gasteiger partial charge in [0.1, 0.15) is 0 Å². The zero-order valence-electron chi connectivity index (χ0n) is 14.9. The number of hydrogen-bond acceptors (Lipinski definition) is 5. The molecule has 3 N–H and O–H groups in total. The number of carbonyl (C=O) groups is 3. The first kappa shape index (κ1) is 18.7. The van der Waals surface area contributed by atoms with Crippen molar-refractivity contribution in [3.8, 4) is 0 Å². The lowest BCUT2D eigenvalue weighted by Gasteiger charge is -2.26. The Morgan fingerprint density at radius 1 is 1.31 bits per heavy atom. The van der Waals surface area contributed by atoms with E-state index < -0.39 is 17.4 Å². The number of benzene rings is 1. The van der Waals surface area contributed by atoms with E-state index in [9.17, 15) is 19.5 Å². The number of thioether (sulfide) groups is 1.